The molecule has 3 rings (SSSR count). The Morgan fingerprint density at radius 1 is 1.39 bits per heavy atom. The van der Waals surface area contributed by atoms with Gasteiger partial charge in [0.05, 0.1) is 19.8 Å². The first kappa shape index (κ1) is 11.2. The summed E-state index contributed by atoms with van der Waals surface area (Å²) < 4.78 is 15.7. The predicted molar refractivity (Wildman–Crippen MR) is 62.9 cm³/mol. The molecule has 6 heteroatoms. The highest BCUT2D eigenvalue weighted by atomic mass is 16.6. The minimum Gasteiger partial charge on any atom is -0.486 e. The van der Waals surface area contributed by atoms with Crippen molar-refractivity contribution < 1.29 is 14.0 Å². The first-order valence-corrected chi connectivity index (χ1v) is 5.72. The summed E-state index contributed by atoms with van der Waals surface area (Å²) in [5, 5.41) is 3.87. The molecule has 0 saturated carbocycles. The monoisotopic (exact) mass is 247 g/mol. The maximum atomic E-state index is 5.71. The summed E-state index contributed by atoms with van der Waals surface area (Å²) in [6, 6.07) is 7.56. The number of hydrogen-bond acceptors (Lipinski definition) is 6. The van der Waals surface area contributed by atoms with Crippen LogP contribution in [0.5, 0.6) is 5.75 Å². The van der Waals surface area contributed by atoms with Crippen molar-refractivity contribution in [3.05, 3.63) is 30.2 Å². The van der Waals surface area contributed by atoms with Gasteiger partial charge in [-0.3, -0.25) is 0 Å². The molecule has 1 aliphatic rings. The Kier molecular flexibility index (Phi) is 2.95. The van der Waals surface area contributed by atoms with Crippen LogP contribution in [0.25, 0.3) is 11.4 Å². The largest absolute Gasteiger partial charge is 0.486 e. The smallest absolute Gasteiger partial charge is 0.240 e. The first-order valence-electron chi connectivity index (χ1n) is 5.72. The second kappa shape index (κ2) is 4.75. The number of benzene rings is 1. The normalized spacial score (nSPS) is 15.4. The topological polar surface area (TPSA) is 83.4 Å². The maximum absolute atomic E-state index is 5.71. The Labute approximate surface area is 104 Å². The lowest BCUT2D eigenvalue weighted by Crippen LogP contribution is -2.38. The van der Waals surface area contributed by atoms with Gasteiger partial charge >= 0.3 is 0 Å². The van der Waals surface area contributed by atoms with Crippen LogP contribution in [-0.4, -0.2) is 29.5 Å². The third kappa shape index (κ3) is 2.20. The fourth-order valence-corrected chi connectivity index (χ4v) is 1.64. The predicted octanol–water partition coefficient (Wildman–Crippen LogP) is 0.973. The average molecular weight is 247 g/mol. The van der Waals surface area contributed by atoms with E-state index in [0.29, 0.717) is 24.9 Å². The van der Waals surface area contributed by atoms with Crippen molar-refractivity contribution in [2.75, 3.05) is 13.2 Å². The molecular formula is C12H13N3O3. The summed E-state index contributed by atoms with van der Waals surface area (Å²) in [7, 11) is 0. The quantitative estimate of drug-likeness (QED) is 0.866. The molecule has 2 aromatic rings. The molecule has 2 N–H and O–H groups in total. The van der Waals surface area contributed by atoms with Gasteiger partial charge in [0.25, 0.3) is 0 Å². The molecule has 6 nitrogen and oxygen atoms in total. The van der Waals surface area contributed by atoms with Gasteiger partial charge in [0.2, 0.25) is 11.7 Å². The molecule has 0 amide bonds. The van der Waals surface area contributed by atoms with Gasteiger partial charge in [0, 0.05) is 5.56 Å². The molecular weight excluding hydrogens is 234 g/mol. The van der Waals surface area contributed by atoms with E-state index in [1.54, 1.807) is 0 Å². The van der Waals surface area contributed by atoms with E-state index in [2.05, 4.69) is 10.1 Å². The lowest BCUT2D eigenvalue weighted by atomic mass is 10.2. The number of nitrogens with zero attached hydrogens (tertiary/aromatic N) is 2. The molecule has 1 aliphatic heterocycles. The Bertz CT molecular complexity index is 537. The van der Waals surface area contributed by atoms with E-state index in [9.17, 15) is 0 Å². The van der Waals surface area contributed by atoms with Gasteiger partial charge < -0.3 is 19.7 Å². The average Bonchev–Trinajstić information content (AvgIpc) is 2.83. The minimum atomic E-state index is 0.144. The van der Waals surface area contributed by atoms with E-state index in [1.165, 1.54) is 0 Å². The molecule has 2 heterocycles. The SMILES string of the molecule is NCc1nc(-c2cccc(OC3COC3)c2)no1. The van der Waals surface area contributed by atoms with Crippen molar-refractivity contribution in [1.82, 2.24) is 10.1 Å². The van der Waals surface area contributed by atoms with Gasteiger partial charge in [-0.05, 0) is 12.1 Å². The van der Waals surface area contributed by atoms with Crippen molar-refractivity contribution in [3.63, 3.8) is 0 Å². The summed E-state index contributed by atoms with van der Waals surface area (Å²) in [5.74, 6) is 1.72. The zero-order valence-corrected chi connectivity index (χ0v) is 9.70. The van der Waals surface area contributed by atoms with Gasteiger partial charge in [-0.25, -0.2) is 0 Å². The third-order valence-corrected chi connectivity index (χ3v) is 2.65. The van der Waals surface area contributed by atoms with Gasteiger partial charge in [-0.15, -0.1) is 0 Å². The summed E-state index contributed by atoms with van der Waals surface area (Å²) >= 11 is 0. The van der Waals surface area contributed by atoms with E-state index < -0.39 is 0 Å². The summed E-state index contributed by atoms with van der Waals surface area (Å²) in [6.45, 7) is 1.52. The Morgan fingerprint density at radius 3 is 2.94 bits per heavy atom. The van der Waals surface area contributed by atoms with Crippen LogP contribution in [0, 0.1) is 0 Å². The summed E-state index contributed by atoms with van der Waals surface area (Å²) in [6.07, 6.45) is 0.144. The van der Waals surface area contributed by atoms with E-state index in [1.807, 2.05) is 24.3 Å². The zero-order chi connectivity index (χ0) is 12.4. The van der Waals surface area contributed by atoms with Crippen molar-refractivity contribution >= 4 is 0 Å². The van der Waals surface area contributed by atoms with Crippen LogP contribution in [0.4, 0.5) is 0 Å². The number of aromatic nitrogens is 2. The van der Waals surface area contributed by atoms with Gasteiger partial charge in [0.15, 0.2) is 0 Å². The van der Waals surface area contributed by atoms with Gasteiger partial charge in [-0.2, -0.15) is 4.98 Å². The van der Waals surface area contributed by atoms with Crippen LogP contribution in [0.2, 0.25) is 0 Å². The highest BCUT2D eigenvalue weighted by molar-refractivity contribution is 5.56. The Balaban J connectivity index is 1.80. The molecule has 18 heavy (non-hydrogen) atoms. The zero-order valence-electron chi connectivity index (χ0n) is 9.70. The van der Waals surface area contributed by atoms with E-state index in [4.69, 9.17) is 19.7 Å². The van der Waals surface area contributed by atoms with Crippen LogP contribution >= 0.6 is 0 Å². The second-order valence-corrected chi connectivity index (χ2v) is 4.02. The molecule has 1 saturated heterocycles. The highest BCUT2D eigenvalue weighted by Crippen LogP contribution is 2.23. The summed E-state index contributed by atoms with van der Waals surface area (Å²) in [5.41, 5.74) is 6.27. The molecule has 1 aromatic heterocycles. The second-order valence-electron chi connectivity index (χ2n) is 4.02. The highest BCUT2D eigenvalue weighted by Gasteiger charge is 2.20. The molecule has 0 unspecified atom stereocenters. The fraction of sp³-hybridized carbons (Fsp3) is 0.333. The molecule has 1 aromatic carbocycles. The van der Waals surface area contributed by atoms with E-state index in [-0.39, 0.29) is 12.6 Å². The van der Waals surface area contributed by atoms with Crippen LogP contribution in [-0.2, 0) is 11.3 Å². The van der Waals surface area contributed by atoms with Gasteiger partial charge in [0.1, 0.15) is 11.9 Å². The number of hydrogen-bond donors (Lipinski definition) is 1. The van der Waals surface area contributed by atoms with Gasteiger partial charge in [-0.1, -0.05) is 17.3 Å². The van der Waals surface area contributed by atoms with E-state index >= 15 is 0 Å². The molecule has 0 radical (unpaired) electrons. The molecule has 0 aliphatic carbocycles. The minimum absolute atomic E-state index is 0.144. The molecule has 0 bridgehead atoms. The van der Waals surface area contributed by atoms with Crippen LogP contribution < -0.4 is 10.5 Å². The van der Waals surface area contributed by atoms with Crippen molar-refractivity contribution in [1.29, 1.82) is 0 Å². The van der Waals surface area contributed by atoms with E-state index in [0.717, 1.165) is 11.3 Å². The number of nitrogens with two attached hydrogens (primary N) is 1. The van der Waals surface area contributed by atoms with Crippen molar-refractivity contribution in [2.24, 2.45) is 5.73 Å². The maximum Gasteiger partial charge on any atom is 0.240 e. The third-order valence-electron chi connectivity index (χ3n) is 2.65. The first-order chi connectivity index (χ1) is 8.85. The van der Waals surface area contributed by atoms with Crippen molar-refractivity contribution in [3.8, 4) is 17.1 Å². The Morgan fingerprint density at radius 2 is 2.28 bits per heavy atom. The fourth-order valence-electron chi connectivity index (χ4n) is 1.64. The lowest BCUT2D eigenvalue weighted by molar-refractivity contribution is -0.0796. The van der Waals surface area contributed by atoms with Crippen molar-refractivity contribution in [2.45, 2.75) is 12.6 Å². The van der Waals surface area contributed by atoms with Crippen LogP contribution in [0.3, 0.4) is 0 Å². The molecule has 94 valence electrons. The molecule has 0 atom stereocenters. The van der Waals surface area contributed by atoms with Crippen LogP contribution in [0.1, 0.15) is 5.89 Å². The number of ether oxygens (including phenoxy) is 2. The van der Waals surface area contributed by atoms with Crippen LogP contribution in [0.15, 0.2) is 28.8 Å². The molecule has 1 fully saturated rings. The standard InChI is InChI=1S/C12H13N3O3/c13-5-11-14-12(15-18-11)8-2-1-3-9(4-8)17-10-6-16-7-10/h1-4,10H,5-7,13H2. The lowest BCUT2D eigenvalue weighted by Gasteiger charge is -2.26. The number of rotatable bonds is 4. The summed E-state index contributed by atoms with van der Waals surface area (Å²) in [4.78, 5) is 4.17. The molecule has 0 spiro atoms. The Hall–Kier alpha value is -1.92.